The number of pyridine rings is 1. The summed E-state index contributed by atoms with van der Waals surface area (Å²) in [5, 5.41) is 0. The van der Waals surface area contributed by atoms with Gasteiger partial charge in [0, 0.05) is 37.4 Å². The highest BCUT2D eigenvalue weighted by Crippen LogP contribution is 2.51. The number of carbonyl (C=O) groups excluding carboxylic acids is 2. The van der Waals surface area contributed by atoms with Crippen LogP contribution in [-0.4, -0.2) is 59.4 Å². The Labute approximate surface area is 216 Å². The number of carbonyl (C=O) groups is 2. The highest BCUT2D eigenvalue weighted by atomic mass is 19.4. The van der Waals surface area contributed by atoms with Crippen molar-refractivity contribution in [1.82, 2.24) is 14.8 Å². The van der Waals surface area contributed by atoms with Crippen LogP contribution in [0.25, 0.3) is 0 Å². The van der Waals surface area contributed by atoms with Gasteiger partial charge in [0.2, 0.25) is 5.91 Å². The molecule has 6 nitrogen and oxygen atoms in total. The molecule has 2 aliphatic heterocycles. The number of esters is 1. The fourth-order valence-corrected chi connectivity index (χ4v) is 7.27. The quantitative estimate of drug-likeness (QED) is 0.526. The second-order valence-electron chi connectivity index (χ2n) is 11.9. The maximum atomic E-state index is 14.0. The fourth-order valence-electron chi connectivity index (χ4n) is 7.27. The lowest BCUT2D eigenvalue weighted by Gasteiger charge is -2.41. The van der Waals surface area contributed by atoms with Crippen LogP contribution in [-0.2, 0) is 33.5 Å². The van der Waals surface area contributed by atoms with E-state index in [2.05, 4.69) is 23.7 Å². The molecule has 5 rings (SSSR count). The molecule has 1 aromatic heterocycles. The molecule has 1 aromatic rings. The van der Waals surface area contributed by atoms with E-state index in [1.807, 2.05) is 0 Å². The van der Waals surface area contributed by atoms with Gasteiger partial charge >= 0.3 is 12.1 Å². The van der Waals surface area contributed by atoms with Gasteiger partial charge in [-0.05, 0) is 81.0 Å². The molecule has 0 N–H and O–H groups in total. The molecule has 2 aliphatic carbocycles. The van der Waals surface area contributed by atoms with Crippen LogP contribution in [0.2, 0.25) is 0 Å². The number of hydrogen-bond donors (Lipinski definition) is 0. The Morgan fingerprint density at radius 1 is 1.16 bits per heavy atom. The van der Waals surface area contributed by atoms with E-state index in [0.717, 1.165) is 63.9 Å². The molecule has 1 saturated heterocycles. The Hall–Kier alpha value is -2.16. The number of piperidine rings is 1. The highest BCUT2D eigenvalue weighted by molar-refractivity contribution is 5.84. The number of nitrogens with zero attached hydrogens (tertiary/aromatic N) is 3. The minimum Gasteiger partial charge on any atom is -0.469 e. The van der Waals surface area contributed by atoms with Crippen molar-refractivity contribution in [2.75, 3.05) is 26.7 Å². The monoisotopic (exact) mass is 521 g/mol. The first-order valence-electron chi connectivity index (χ1n) is 13.7. The van der Waals surface area contributed by atoms with Crippen LogP contribution in [0.4, 0.5) is 13.2 Å². The maximum Gasteiger partial charge on any atom is 0.417 e. The lowest BCUT2D eigenvalue weighted by atomic mass is 9.73. The molecule has 3 heterocycles. The summed E-state index contributed by atoms with van der Waals surface area (Å²) in [7, 11) is 1.46. The SMILES string of the molecule is COC(=O)C1CC1C1CCN(C2CCC(C(=O)N3CCc4ncc(C(F)(F)F)cc4C3)(C(C)C)C2)CC1. The molecule has 204 valence electrons. The summed E-state index contributed by atoms with van der Waals surface area (Å²) in [6, 6.07) is 1.51. The predicted molar refractivity (Wildman–Crippen MR) is 131 cm³/mol. The molecule has 4 atom stereocenters. The molecule has 4 unspecified atom stereocenters. The lowest BCUT2D eigenvalue weighted by Crippen LogP contribution is -2.49. The molecule has 0 bridgehead atoms. The van der Waals surface area contributed by atoms with E-state index in [4.69, 9.17) is 4.74 Å². The Morgan fingerprint density at radius 2 is 1.89 bits per heavy atom. The van der Waals surface area contributed by atoms with Gasteiger partial charge in [0.25, 0.3) is 0 Å². The first-order chi connectivity index (χ1) is 17.5. The third kappa shape index (κ3) is 5.00. The zero-order chi connectivity index (χ0) is 26.5. The number of ether oxygens (including phenoxy) is 1. The summed E-state index contributed by atoms with van der Waals surface area (Å²) < 4.78 is 44.6. The zero-order valence-corrected chi connectivity index (χ0v) is 22.0. The van der Waals surface area contributed by atoms with E-state index in [-0.39, 0.29) is 30.3 Å². The molecular weight excluding hydrogens is 483 g/mol. The molecule has 0 spiro atoms. The topological polar surface area (TPSA) is 62.7 Å². The second kappa shape index (κ2) is 9.86. The number of fused-ring (bicyclic) bond motifs is 1. The molecule has 4 aliphatic rings. The summed E-state index contributed by atoms with van der Waals surface area (Å²) in [6.45, 7) is 6.88. The van der Waals surface area contributed by atoms with Crippen molar-refractivity contribution >= 4 is 11.9 Å². The van der Waals surface area contributed by atoms with Gasteiger partial charge in [-0.3, -0.25) is 14.6 Å². The summed E-state index contributed by atoms with van der Waals surface area (Å²) in [5.74, 6) is 1.27. The van der Waals surface area contributed by atoms with Gasteiger partial charge in [-0.25, -0.2) is 0 Å². The van der Waals surface area contributed by atoms with Crippen LogP contribution in [0.1, 0.15) is 69.2 Å². The fraction of sp³-hybridized carbons (Fsp3) is 0.750. The number of aromatic nitrogens is 1. The van der Waals surface area contributed by atoms with Crippen molar-refractivity contribution in [3.63, 3.8) is 0 Å². The number of methoxy groups -OCH3 is 1. The van der Waals surface area contributed by atoms with E-state index >= 15 is 0 Å². The number of amides is 1. The van der Waals surface area contributed by atoms with E-state index in [1.54, 1.807) is 4.90 Å². The third-order valence-electron chi connectivity index (χ3n) is 9.75. The molecule has 9 heteroatoms. The molecule has 0 aromatic carbocycles. The van der Waals surface area contributed by atoms with Gasteiger partial charge in [-0.2, -0.15) is 13.2 Å². The van der Waals surface area contributed by atoms with E-state index in [1.165, 1.54) is 7.11 Å². The third-order valence-corrected chi connectivity index (χ3v) is 9.75. The molecule has 1 amide bonds. The zero-order valence-electron chi connectivity index (χ0n) is 22.0. The molecule has 3 fully saturated rings. The average Bonchev–Trinajstić information content (AvgIpc) is 3.56. The molecule has 37 heavy (non-hydrogen) atoms. The Morgan fingerprint density at radius 3 is 2.54 bits per heavy atom. The minimum atomic E-state index is -4.45. The Balaban J connectivity index is 1.22. The Bertz CT molecular complexity index is 1040. The number of alkyl halides is 3. The number of likely N-dealkylation sites (tertiary alicyclic amines) is 1. The number of halogens is 3. The van der Waals surface area contributed by atoms with Crippen LogP contribution < -0.4 is 0 Å². The summed E-state index contributed by atoms with van der Waals surface area (Å²) in [5.41, 5.74) is -0.0728. The van der Waals surface area contributed by atoms with Gasteiger partial charge in [-0.1, -0.05) is 13.8 Å². The second-order valence-corrected chi connectivity index (χ2v) is 11.9. The first kappa shape index (κ1) is 26.4. The van der Waals surface area contributed by atoms with E-state index in [9.17, 15) is 22.8 Å². The average molecular weight is 522 g/mol. The largest absolute Gasteiger partial charge is 0.469 e. The smallest absolute Gasteiger partial charge is 0.417 e. The van der Waals surface area contributed by atoms with Crippen LogP contribution >= 0.6 is 0 Å². The molecular formula is C28H38F3N3O3. The van der Waals surface area contributed by atoms with Gasteiger partial charge in [0.15, 0.2) is 0 Å². The normalized spacial score (nSPS) is 30.9. The van der Waals surface area contributed by atoms with Crippen molar-refractivity contribution < 1.29 is 27.5 Å². The van der Waals surface area contributed by atoms with Gasteiger partial charge in [-0.15, -0.1) is 0 Å². The summed E-state index contributed by atoms with van der Waals surface area (Å²) in [4.78, 5) is 34.2. The van der Waals surface area contributed by atoms with Crippen molar-refractivity contribution in [1.29, 1.82) is 0 Å². The van der Waals surface area contributed by atoms with Crippen molar-refractivity contribution in [2.45, 2.75) is 77.6 Å². The molecule has 0 radical (unpaired) electrons. The van der Waals surface area contributed by atoms with Crippen molar-refractivity contribution in [2.24, 2.45) is 29.1 Å². The number of hydrogen-bond acceptors (Lipinski definition) is 5. The minimum absolute atomic E-state index is 0.0748. The van der Waals surface area contributed by atoms with E-state index < -0.39 is 17.2 Å². The number of rotatable bonds is 5. The summed E-state index contributed by atoms with van der Waals surface area (Å²) >= 11 is 0. The van der Waals surface area contributed by atoms with Crippen LogP contribution in [0, 0.1) is 29.1 Å². The highest BCUT2D eigenvalue weighted by Gasteiger charge is 2.52. The van der Waals surface area contributed by atoms with Gasteiger partial charge in [0.1, 0.15) is 0 Å². The predicted octanol–water partition coefficient (Wildman–Crippen LogP) is 4.70. The lowest BCUT2D eigenvalue weighted by molar-refractivity contribution is -0.146. The standard InChI is InChI=1S/C28H38F3N3O3/c1-17(2)27(26(36)34-11-7-24-19(16-34)12-20(15-32-24)28(29,30)31)8-4-21(14-27)33-9-5-18(6-10-33)22-13-23(22)25(35)37-3/h12,15,17-18,21-23H,4-11,13-14,16H2,1-3H3. The van der Waals surface area contributed by atoms with E-state index in [0.29, 0.717) is 42.1 Å². The summed E-state index contributed by atoms with van der Waals surface area (Å²) in [6.07, 6.45) is 2.62. The van der Waals surface area contributed by atoms with Crippen LogP contribution in [0.5, 0.6) is 0 Å². The Kier molecular flexibility index (Phi) is 7.05. The van der Waals surface area contributed by atoms with Crippen LogP contribution in [0.3, 0.4) is 0 Å². The molecule has 2 saturated carbocycles. The van der Waals surface area contributed by atoms with Crippen molar-refractivity contribution in [3.8, 4) is 0 Å². The van der Waals surface area contributed by atoms with Crippen LogP contribution in [0.15, 0.2) is 12.3 Å². The first-order valence-corrected chi connectivity index (χ1v) is 13.7. The van der Waals surface area contributed by atoms with Gasteiger partial charge in [0.05, 0.1) is 24.0 Å². The van der Waals surface area contributed by atoms with Crippen molar-refractivity contribution in [3.05, 3.63) is 29.1 Å². The maximum absolute atomic E-state index is 14.0. The van der Waals surface area contributed by atoms with Gasteiger partial charge < -0.3 is 14.5 Å².